The minimum atomic E-state index is -3.68. The van der Waals surface area contributed by atoms with Crippen LogP contribution in [0.4, 0.5) is 5.13 Å². The summed E-state index contributed by atoms with van der Waals surface area (Å²) < 4.78 is 58.2. The van der Waals surface area contributed by atoms with Crippen molar-refractivity contribution in [3.05, 3.63) is 72.2 Å². The van der Waals surface area contributed by atoms with Crippen molar-refractivity contribution in [2.24, 2.45) is 11.8 Å². The highest BCUT2D eigenvalue weighted by Crippen LogP contribution is 2.33. The second kappa shape index (κ2) is 10.5. The first-order valence-electron chi connectivity index (χ1n) is 12.5. The van der Waals surface area contributed by atoms with Gasteiger partial charge in [0.25, 0.3) is 5.91 Å². The molecule has 2 atom stereocenters. The molecule has 0 spiro atoms. The Morgan fingerprint density at radius 1 is 1.03 bits per heavy atom. The lowest BCUT2D eigenvalue weighted by Gasteiger charge is -2.34. The van der Waals surface area contributed by atoms with Gasteiger partial charge in [-0.1, -0.05) is 25.2 Å². The lowest BCUT2D eigenvalue weighted by molar-refractivity contribution is 0.0983. The van der Waals surface area contributed by atoms with Crippen LogP contribution in [0.5, 0.6) is 0 Å². The average molecular weight is 588 g/mol. The minimum Gasteiger partial charge on any atom is -0.467 e. The zero-order chi connectivity index (χ0) is 27.9. The lowest BCUT2D eigenvalue weighted by atomic mass is 9.94. The van der Waals surface area contributed by atoms with Gasteiger partial charge >= 0.3 is 0 Å². The number of amides is 1. The molecule has 4 aromatic rings. The van der Waals surface area contributed by atoms with Crippen LogP contribution in [0.25, 0.3) is 10.2 Å². The van der Waals surface area contributed by atoms with Crippen molar-refractivity contribution in [1.82, 2.24) is 9.29 Å². The molecule has 2 aromatic carbocycles. The Hall–Kier alpha value is -3.06. The van der Waals surface area contributed by atoms with Gasteiger partial charge in [-0.3, -0.25) is 9.69 Å². The number of furan rings is 1. The maximum Gasteiger partial charge on any atom is 0.260 e. The fraction of sp³-hybridized carbons (Fsp3) is 0.333. The van der Waals surface area contributed by atoms with E-state index in [9.17, 15) is 21.6 Å². The number of hydrogen-bond acceptors (Lipinski definition) is 8. The summed E-state index contributed by atoms with van der Waals surface area (Å²) in [5.41, 5.74) is 0.850. The van der Waals surface area contributed by atoms with E-state index in [1.165, 1.54) is 57.1 Å². The van der Waals surface area contributed by atoms with Crippen LogP contribution >= 0.6 is 11.3 Å². The number of carbonyl (C=O) groups is 1. The first kappa shape index (κ1) is 27.5. The fourth-order valence-corrected chi connectivity index (χ4v) is 8.30. The van der Waals surface area contributed by atoms with Gasteiger partial charge in [-0.15, -0.1) is 0 Å². The summed E-state index contributed by atoms with van der Waals surface area (Å²) in [6.45, 7) is 5.15. The van der Waals surface area contributed by atoms with Gasteiger partial charge in [0.2, 0.25) is 10.0 Å². The van der Waals surface area contributed by atoms with Crippen LogP contribution in [0.15, 0.2) is 75.1 Å². The minimum absolute atomic E-state index is 0.0915. The molecule has 12 heteroatoms. The number of benzene rings is 2. The molecule has 1 amide bonds. The molecule has 3 heterocycles. The van der Waals surface area contributed by atoms with Crippen LogP contribution in [0.1, 0.15) is 36.4 Å². The van der Waals surface area contributed by atoms with Gasteiger partial charge in [-0.05, 0) is 72.9 Å². The monoisotopic (exact) mass is 587 g/mol. The van der Waals surface area contributed by atoms with Gasteiger partial charge in [0.15, 0.2) is 15.0 Å². The quantitative estimate of drug-likeness (QED) is 0.305. The van der Waals surface area contributed by atoms with Crippen molar-refractivity contribution in [3.63, 3.8) is 0 Å². The number of hydrogen-bond donors (Lipinski definition) is 0. The summed E-state index contributed by atoms with van der Waals surface area (Å²) >= 11 is 1.19. The van der Waals surface area contributed by atoms with E-state index in [0.29, 0.717) is 34.2 Å². The number of carbonyl (C=O) groups excluding carboxylic acids is 1. The van der Waals surface area contributed by atoms with E-state index in [1.54, 1.807) is 24.3 Å². The smallest absolute Gasteiger partial charge is 0.260 e. The number of rotatable bonds is 7. The van der Waals surface area contributed by atoms with Crippen LogP contribution in [0, 0.1) is 11.8 Å². The van der Waals surface area contributed by atoms with Crippen molar-refractivity contribution in [2.45, 2.75) is 36.6 Å². The topological polar surface area (TPSA) is 118 Å². The van der Waals surface area contributed by atoms with E-state index in [4.69, 9.17) is 4.42 Å². The van der Waals surface area contributed by atoms with Gasteiger partial charge in [0.1, 0.15) is 5.76 Å². The molecular weight excluding hydrogens is 559 g/mol. The fourth-order valence-electron chi connectivity index (χ4n) is 4.90. The number of piperidine rings is 1. The Labute approximate surface area is 232 Å². The third kappa shape index (κ3) is 5.79. The molecule has 5 rings (SSSR count). The second-order valence-electron chi connectivity index (χ2n) is 10.2. The molecular formula is C27H29N3O6S3. The van der Waals surface area contributed by atoms with Crippen LogP contribution in [0.3, 0.4) is 0 Å². The van der Waals surface area contributed by atoms with Gasteiger partial charge in [-0.25, -0.2) is 21.8 Å². The Morgan fingerprint density at radius 3 is 2.31 bits per heavy atom. The Morgan fingerprint density at radius 2 is 1.69 bits per heavy atom. The summed E-state index contributed by atoms with van der Waals surface area (Å²) in [6.07, 6.45) is 3.64. The van der Waals surface area contributed by atoms with E-state index in [-0.39, 0.29) is 33.7 Å². The van der Waals surface area contributed by atoms with E-state index in [1.807, 2.05) is 0 Å². The third-order valence-electron chi connectivity index (χ3n) is 6.72. The summed E-state index contributed by atoms with van der Waals surface area (Å²) in [4.78, 5) is 20.1. The second-order valence-corrected chi connectivity index (χ2v) is 15.1. The summed E-state index contributed by atoms with van der Waals surface area (Å²) in [5.74, 6) is 0.702. The normalized spacial score (nSPS) is 18.8. The standard InChI is InChI=1S/C27H29N3O6S3/c1-18-13-19(2)16-29(15-18)39(34,35)22-8-6-20(7-9-22)26(31)30(17-21-5-4-12-36-21)27-28-24-11-10-23(38(3,32)33)14-25(24)37-27/h4-12,14,18-19H,13,15-17H2,1-3H3. The first-order chi connectivity index (χ1) is 18.4. The van der Waals surface area contributed by atoms with Gasteiger partial charge in [0, 0.05) is 24.9 Å². The largest absolute Gasteiger partial charge is 0.467 e. The van der Waals surface area contributed by atoms with Gasteiger partial charge in [0.05, 0.1) is 32.8 Å². The number of fused-ring (bicyclic) bond motifs is 1. The predicted molar refractivity (Wildman–Crippen MR) is 150 cm³/mol. The molecule has 0 saturated carbocycles. The molecule has 1 fully saturated rings. The van der Waals surface area contributed by atoms with E-state index >= 15 is 0 Å². The van der Waals surface area contributed by atoms with E-state index in [2.05, 4.69) is 18.8 Å². The zero-order valence-corrected chi connectivity index (χ0v) is 24.2. The SMILES string of the molecule is CC1CC(C)CN(S(=O)(=O)c2ccc(C(=O)N(Cc3ccco3)c3nc4ccc(S(C)(=O)=O)cc4s3)cc2)C1. The van der Waals surface area contributed by atoms with Crippen LogP contribution in [0.2, 0.25) is 0 Å². The number of anilines is 1. The molecule has 1 aliphatic rings. The van der Waals surface area contributed by atoms with E-state index in [0.717, 1.165) is 12.7 Å². The summed E-state index contributed by atoms with van der Waals surface area (Å²) in [7, 11) is -7.09. The predicted octanol–water partition coefficient (Wildman–Crippen LogP) is 4.81. The molecule has 1 saturated heterocycles. The van der Waals surface area contributed by atoms with Crippen LogP contribution in [-0.4, -0.2) is 51.4 Å². The highest BCUT2D eigenvalue weighted by atomic mass is 32.2. The number of sulfonamides is 1. The third-order valence-corrected chi connectivity index (χ3v) is 10.7. The van der Waals surface area contributed by atoms with Crippen molar-refractivity contribution < 1.29 is 26.0 Å². The number of thiazole rings is 1. The highest BCUT2D eigenvalue weighted by molar-refractivity contribution is 7.90. The van der Waals surface area contributed by atoms with Gasteiger partial charge in [-0.2, -0.15) is 4.31 Å². The molecule has 9 nitrogen and oxygen atoms in total. The number of sulfone groups is 1. The molecule has 0 radical (unpaired) electrons. The molecule has 0 aliphatic carbocycles. The molecule has 0 bridgehead atoms. The molecule has 39 heavy (non-hydrogen) atoms. The number of aromatic nitrogens is 1. The van der Waals surface area contributed by atoms with Crippen molar-refractivity contribution in [1.29, 1.82) is 0 Å². The first-order valence-corrected chi connectivity index (χ1v) is 16.6. The molecule has 2 aromatic heterocycles. The number of nitrogens with zero attached hydrogens (tertiary/aromatic N) is 3. The Bertz CT molecular complexity index is 1700. The van der Waals surface area contributed by atoms with Crippen molar-refractivity contribution in [2.75, 3.05) is 24.2 Å². The van der Waals surface area contributed by atoms with E-state index < -0.39 is 25.8 Å². The Balaban J connectivity index is 1.46. The zero-order valence-electron chi connectivity index (χ0n) is 21.8. The molecule has 2 unspecified atom stereocenters. The summed E-state index contributed by atoms with van der Waals surface area (Å²) in [6, 6.07) is 14.1. The maximum absolute atomic E-state index is 13.7. The summed E-state index contributed by atoms with van der Waals surface area (Å²) in [5, 5.41) is 0.366. The maximum atomic E-state index is 13.7. The molecule has 206 valence electrons. The Kier molecular flexibility index (Phi) is 7.40. The highest BCUT2D eigenvalue weighted by Gasteiger charge is 2.32. The molecule has 0 N–H and O–H groups in total. The van der Waals surface area contributed by atoms with Crippen LogP contribution in [-0.2, 0) is 26.4 Å². The average Bonchev–Trinajstić information content (AvgIpc) is 3.55. The van der Waals surface area contributed by atoms with Crippen LogP contribution < -0.4 is 4.90 Å². The lowest BCUT2D eigenvalue weighted by Crippen LogP contribution is -2.42. The van der Waals surface area contributed by atoms with Crippen molar-refractivity contribution >= 4 is 52.5 Å². The van der Waals surface area contributed by atoms with Crippen molar-refractivity contribution in [3.8, 4) is 0 Å². The molecule has 1 aliphatic heterocycles. The van der Waals surface area contributed by atoms with Gasteiger partial charge < -0.3 is 4.42 Å².